The topological polar surface area (TPSA) is 80.9 Å². The minimum atomic E-state index is -0.452. The molecule has 0 fully saturated rings. The molecule has 0 aliphatic heterocycles. The van der Waals surface area contributed by atoms with E-state index in [1.165, 1.54) is 6.20 Å². The third kappa shape index (κ3) is 2.24. The third-order valence-corrected chi connectivity index (χ3v) is 1.96. The van der Waals surface area contributed by atoms with Gasteiger partial charge >= 0.3 is 0 Å². The maximum absolute atomic E-state index is 11.2. The van der Waals surface area contributed by atoms with Gasteiger partial charge in [-0.25, -0.2) is 0 Å². The molecular formula is C6H10N4OS. The highest BCUT2D eigenvalue weighted by Gasteiger charge is 2.11. The number of carbonyl (C=O) groups is 1. The van der Waals surface area contributed by atoms with Crippen molar-refractivity contribution in [2.24, 2.45) is 5.73 Å². The standard InChI is InChI=1S/C6H10N4OS/c1-2-4(7)6(11)9-5-3-8-10-12-5/h3-4H,2,7H2,1H3,(H,9,11)/t4-/m1/s1. The maximum Gasteiger partial charge on any atom is 0.241 e. The van der Waals surface area contributed by atoms with Gasteiger partial charge < -0.3 is 11.1 Å². The molecule has 0 unspecified atom stereocenters. The highest BCUT2D eigenvalue weighted by atomic mass is 32.1. The van der Waals surface area contributed by atoms with Gasteiger partial charge in [-0.15, -0.1) is 5.10 Å². The van der Waals surface area contributed by atoms with Gasteiger partial charge in [0.25, 0.3) is 0 Å². The highest BCUT2D eigenvalue weighted by Crippen LogP contribution is 2.09. The van der Waals surface area contributed by atoms with E-state index in [9.17, 15) is 4.79 Å². The molecule has 0 aromatic carbocycles. The normalized spacial score (nSPS) is 12.5. The summed E-state index contributed by atoms with van der Waals surface area (Å²) in [7, 11) is 0. The van der Waals surface area contributed by atoms with Crippen LogP contribution in [0.25, 0.3) is 0 Å². The predicted molar refractivity (Wildman–Crippen MR) is 46.8 cm³/mol. The molecule has 5 nitrogen and oxygen atoms in total. The van der Waals surface area contributed by atoms with E-state index in [4.69, 9.17) is 5.73 Å². The molecule has 1 aromatic heterocycles. The van der Waals surface area contributed by atoms with Crippen LogP contribution >= 0.6 is 11.5 Å². The van der Waals surface area contributed by atoms with Crippen LogP contribution in [-0.2, 0) is 4.79 Å². The average molecular weight is 186 g/mol. The molecule has 3 N–H and O–H groups in total. The summed E-state index contributed by atoms with van der Waals surface area (Å²) < 4.78 is 3.60. The van der Waals surface area contributed by atoms with Crippen LogP contribution in [0, 0.1) is 0 Å². The smallest absolute Gasteiger partial charge is 0.241 e. The first kappa shape index (κ1) is 9.08. The minimum absolute atomic E-state index is 0.191. The van der Waals surface area contributed by atoms with Crippen molar-refractivity contribution in [1.82, 2.24) is 9.59 Å². The Morgan fingerprint density at radius 2 is 2.67 bits per heavy atom. The number of hydrogen-bond acceptors (Lipinski definition) is 5. The summed E-state index contributed by atoms with van der Waals surface area (Å²) >= 11 is 1.13. The fourth-order valence-corrected chi connectivity index (χ4v) is 1.04. The first-order chi connectivity index (χ1) is 5.74. The minimum Gasteiger partial charge on any atom is -0.320 e. The van der Waals surface area contributed by atoms with Crippen LogP contribution in [-0.4, -0.2) is 21.5 Å². The summed E-state index contributed by atoms with van der Waals surface area (Å²) in [4.78, 5) is 11.2. The van der Waals surface area contributed by atoms with E-state index in [-0.39, 0.29) is 5.91 Å². The molecule has 0 radical (unpaired) electrons. The lowest BCUT2D eigenvalue weighted by Gasteiger charge is -2.06. The van der Waals surface area contributed by atoms with Gasteiger partial charge in [-0.1, -0.05) is 11.4 Å². The molecule has 0 aliphatic rings. The van der Waals surface area contributed by atoms with Crippen LogP contribution in [0.1, 0.15) is 13.3 Å². The Bertz CT molecular complexity index is 248. The fraction of sp³-hybridized carbons (Fsp3) is 0.500. The average Bonchev–Trinajstić information content (AvgIpc) is 2.55. The zero-order chi connectivity index (χ0) is 8.97. The van der Waals surface area contributed by atoms with Gasteiger partial charge in [-0.2, -0.15) is 0 Å². The summed E-state index contributed by atoms with van der Waals surface area (Å²) in [5.74, 6) is -0.191. The van der Waals surface area contributed by atoms with Crippen molar-refractivity contribution in [3.8, 4) is 0 Å². The number of nitrogens with two attached hydrogens (primary N) is 1. The van der Waals surface area contributed by atoms with E-state index in [1.54, 1.807) is 0 Å². The van der Waals surface area contributed by atoms with Crippen LogP contribution in [0.5, 0.6) is 0 Å². The Kier molecular flexibility index (Phi) is 3.12. The Morgan fingerprint density at radius 1 is 1.92 bits per heavy atom. The van der Waals surface area contributed by atoms with Gasteiger partial charge in [0.15, 0.2) is 0 Å². The molecular weight excluding hydrogens is 176 g/mol. The lowest BCUT2D eigenvalue weighted by molar-refractivity contribution is -0.117. The van der Waals surface area contributed by atoms with Gasteiger partial charge in [0.05, 0.1) is 12.2 Å². The van der Waals surface area contributed by atoms with Crippen LogP contribution in [0.3, 0.4) is 0 Å². The van der Waals surface area contributed by atoms with Gasteiger partial charge in [0, 0.05) is 11.5 Å². The van der Waals surface area contributed by atoms with Crippen LogP contribution in [0.15, 0.2) is 6.20 Å². The summed E-state index contributed by atoms with van der Waals surface area (Å²) in [5, 5.41) is 6.80. The van der Waals surface area contributed by atoms with Gasteiger partial charge in [-0.3, -0.25) is 4.79 Å². The summed E-state index contributed by atoms with van der Waals surface area (Å²) in [5.41, 5.74) is 5.48. The van der Waals surface area contributed by atoms with Crippen LogP contribution in [0.4, 0.5) is 5.00 Å². The number of nitrogens with zero attached hydrogens (tertiary/aromatic N) is 2. The fourth-order valence-electron chi connectivity index (χ4n) is 0.622. The number of rotatable bonds is 3. The largest absolute Gasteiger partial charge is 0.320 e. The molecule has 1 heterocycles. The molecule has 66 valence electrons. The zero-order valence-electron chi connectivity index (χ0n) is 6.65. The van der Waals surface area contributed by atoms with Crippen LogP contribution in [0.2, 0.25) is 0 Å². The Morgan fingerprint density at radius 3 is 3.17 bits per heavy atom. The number of nitrogens with one attached hydrogen (secondary N) is 1. The van der Waals surface area contributed by atoms with E-state index in [0.29, 0.717) is 11.4 Å². The second kappa shape index (κ2) is 4.13. The zero-order valence-corrected chi connectivity index (χ0v) is 7.47. The van der Waals surface area contributed by atoms with Gasteiger partial charge in [0.1, 0.15) is 5.00 Å². The number of carbonyl (C=O) groups excluding carboxylic acids is 1. The molecule has 6 heteroatoms. The molecule has 0 bridgehead atoms. The number of aromatic nitrogens is 2. The predicted octanol–water partition coefficient (Wildman–Crippen LogP) is 0.214. The van der Waals surface area contributed by atoms with Crippen molar-refractivity contribution in [3.63, 3.8) is 0 Å². The molecule has 0 saturated heterocycles. The molecule has 12 heavy (non-hydrogen) atoms. The second-order valence-electron chi connectivity index (χ2n) is 2.29. The molecule has 1 amide bonds. The maximum atomic E-state index is 11.2. The summed E-state index contributed by atoms with van der Waals surface area (Å²) in [6.45, 7) is 1.86. The summed E-state index contributed by atoms with van der Waals surface area (Å²) in [6, 6.07) is -0.452. The van der Waals surface area contributed by atoms with Crippen molar-refractivity contribution in [2.45, 2.75) is 19.4 Å². The van der Waals surface area contributed by atoms with Crippen LogP contribution < -0.4 is 11.1 Å². The van der Waals surface area contributed by atoms with E-state index < -0.39 is 6.04 Å². The molecule has 0 spiro atoms. The number of amides is 1. The van der Waals surface area contributed by atoms with Crippen molar-refractivity contribution in [3.05, 3.63) is 6.20 Å². The Balaban J connectivity index is 2.47. The molecule has 0 aliphatic carbocycles. The Hall–Kier alpha value is -1.01. The molecule has 1 rings (SSSR count). The lowest BCUT2D eigenvalue weighted by Crippen LogP contribution is -2.34. The van der Waals surface area contributed by atoms with Gasteiger partial charge in [0.2, 0.25) is 5.91 Å². The highest BCUT2D eigenvalue weighted by molar-refractivity contribution is 7.10. The molecule has 1 aromatic rings. The monoisotopic (exact) mass is 186 g/mol. The SMILES string of the molecule is CC[C@@H](N)C(=O)Nc1cnns1. The first-order valence-electron chi connectivity index (χ1n) is 3.58. The van der Waals surface area contributed by atoms with Gasteiger partial charge in [-0.05, 0) is 6.42 Å². The lowest BCUT2D eigenvalue weighted by atomic mass is 10.2. The number of anilines is 1. The van der Waals surface area contributed by atoms with Crippen molar-refractivity contribution >= 4 is 22.4 Å². The quantitative estimate of drug-likeness (QED) is 0.707. The summed E-state index contributed by atoms with van der Waals surface area (Å²) in [6.07, 6.45) is 2.11. The second-order valence-corrected chi connectivity index (χ2v) is 3.07. The Labute approximate surface area is 74.1 Å². The van der Waals surface area contributed by atoms with Crippen molar-refractivity contribution in [2.75, 3.05) is 5.32 Å². The van der Waals surface area contributed by atoms with Crippen molar-refractivity contribution in [1.29, 1.82) is 0 Å². The van der Waals surface area contributed by atoms with E-state index >= 15 is 0 Å². The number of hydrogen-bond donors (Lipinski definition) is 2. The van der Waals surface area contributed by atoms with E-state index in [2.05, 4.69) is 14.9 Å². The van der Waals surface area contributed by atoms with Crippen molar-refractivity contribution < 1.29 is 4.79 Å². The van der Waals surface area contributed by atoms with E-state index in [0.717, 1.165) is 11.5 Å². The molecule has 1 atom stereocenters. The first-order valence-corrected chi connectivity index (χ1v) is 4.35. The van der Waals surface area contributed by atoms with E-state index in [1.807, 2.05) is 6.92 Å². The molecule has 0 saturated carbocycles. The third-order valence-electron chi connectivity index (χ3n) is 1.38.